The molecule has 0 spiro atoms. The third-order valence-corrected chi connectivity index (χ3v) is 4.96. The van der Waals surface area contributed by atoms with E-state index >= 15 is 0 Å². The topological polar surface area (TPSA) is 67.4 Å². The highest BCUT2D eigenvalue weighted by molar-refractivity contribution is 5.76. The number of piperidine rings is 1. The molecule has 1 N–H and O–H groups in total. The van der Waals surface area contributed by atoms with Crippen molar-refractivity contribution in [3.05, 3.63) is 23.8 Å². The number of rotatable bonds is 5. The Balaban J connectivity index is 1.44. The van der Waals surface area contributed by atoms with Crippen molar-refractivity contribution >= 4 is 5.91 Å². The van der Waals surface area contributed by atoms with Gasteiger partial charge in [0.15, 0.2) is 0 Å². The van der Waals surface area contributed by atoms with Crippen LogP contribution >= 0.6 is 0 Å². The molecule has 2 aliphatic heterocycles. The van der Waals surface area contributed by atoms with E-state index in [0.717, 1.165) is 44.0 Å². The summed E-state index contributed by atoms with van der Waals surface area (Å²) in [6, 6.07) is 0.267. The maximum atomic E-state index is 12.0. The Labute approximate surface area is 144 Å². The van der Waals surface area contributed by atoms with E-state index in [9.17, 15) is 4.79 Å². The molecule has 2 saturated heterocycles. The van der Waals surface area contributed by atoms with Gasteiger partial charge < -0.3 is 15.0 Å². The van der Waals surface area contributed by atoms with Gasteiger partial charge in [0.05, 0.1) is 11.4 Å². The zero-order chi connectivity index (χ0) is 16.8. The molecule has 1 atom stereocenters. The molecule has 6 nitrogen and oxygen atoms in total. The van der Waals surface area contributed by atoms with Crippen LogP contribution in [0.1, 0.15) is 49.4 Å². The van der Waals surface area contributed by atoms with Crippen molar-refractivity contribution in [3.63, 3.8) is 0 Å². The second-order valence-corrected chi connectivity index (χ2v) is 6.99. The highest BCUT2D eigenvalue weighted by Crippen LogP contribution is 2.24. The van der Waals surface area contributed by atoms with Crippen LogP contribution in [0.4, 0.5) is 0 Å². The predicted molar refractivity (Wildman–Crippen MR) is 91.8 cm³/mol. The summed E-state index contributed by atoms with van der Waals surface area (Å²) in [6.07, 6.45) is 9.08. The van der Waals surface area contributed by atoms with Gasteiger partial charge in [-0.15, -0.1) is 0 Å². The Kier molecular flexibility index (Phi) is 6.15. The molecule has 0 bridgehead atoms. The van der Waals surface area contributed by atoms with Crippen LogP contribution in [0, 0.1) is 0 Å². The Morgan fingerprint density at radius 3 is 2.83 bits per heavy atom. The maximum Gasteiger partial charge on any atom is 0.220 e. The SMILES string of the molecule is CN1CCC[C@H](c2cnc(CCC(=O)NC3CCOCC3)cn2)C1. The summed E-state index contributed by atoms with van der Waals surface area (Å²) in [6.45, 7) is 3.72. The van der Waals surface area contributed by atoms with Crippen molar-refractivity contribution in [2.24, 2.45) is 0 Å². The molecule has 132 valence electrons. The number of nitrogens with one attached hydrogen (secondary N) is 1. The molecular weight excluding hydrogens is 304 g/mol. The summed E-state index contributed by atoms with van der Waals surface area (Å²) >= 11 is 0. The van der Waals surface area contributed by atoms with Crippen molar-refractivity contribution in [2.75, 3.05) is 33.4 Å². The first-order chi connectivity index (χ1) is 11.7. The van der Waals surface area contributed by atoms with Gasteiger partial charge in [-0.05, 0) is 45.7 Å². The average Bonchev–Trinajstić information content (AvgIpc) is 2.61. The lowest BCUT2D eigenvalue weighted by Gasteiger charge is -2.29. The van der Waals surface area contributed by atoms with Crippen LogP contribution in [0.15, 0.2) is 12.4 Å². The van der Waals surface area contributed by atoms with Crippen molar-refractivity contribution in [1.29, 1.82) is 0 Å². The summed E-state index contributed by atoms with van der Waals surface area (Å²) in [7, 11) is 2.16. The fraction of sp³-hybridized carbons (Fsp3) is 0.722. The maximum absolute atomic E-state index is 12.0. The lowest BCUT2D eigenvalue weighted by Crippen LogP contribution is -2.39. The first-order valence-corrected chi connectivity index (χ1v) is 9.07. The van der Waals surface area contributed by atoms with Gasteiger partial charge in [-0.2, -0.15) is 0 Å². The molecule has 3 rings (SSSR count). The van der Waals surface area contributed by atoms with E-state index in [1.54, 1.807) is 0 Å². The van der Waals surface area contributed by atoms with Crippen molar-refractivity contribution < 1.29 is 9.53 Å². The monoisotopic (exact) mass is 332 g/mol. The number of aryl methyl sites for hydroxylation is 1. The molecule has 2 aliphatic rings. The van der Waals surface area contributed by atoms with Crippen molar-refractivity contribution in [1.82, 2.24) is 20.2 Å². The van der Waals surface area contributed by atoms with Gasteiger partial charge in [-0.1, -0.05) is 0 Å². The number of amides is 1. The van der Waals surface area contributed by atoms with Gasteiger partial charge in [0.25, 0.3) is 0 Å². The van der Waals surface area contributed by atoms with Gasteiger partial charge in [-0.3, -0.25) is 14.8 Å². The minimum atomic E-state index is 0.0988. The molecule has 0 saturated carbocycles. The molecule has 6 heteroatoms. The molecule has 2 fully saturated rings. The third kappa shape index (κ3) is 4.98. The van der Waals surface area contributed by atoms with E-state index in [0.29, 0.717) is 18.8 Å². The molecule has 0 radical (unpaired) electrons. The normalized spacial score (nSPS) is 23.1. The fourth-order valence-corrected chi connectivity index (χ4v) is 3.50. The first kappa shape index (κ1) is 17.3. The Morgan fingerprint density at radius 2 is 2.12 bits per heavy atom. The lowest BCUT2D eigenvalue weighted by atomic mass is 9.95. The van der Waals surface area contributed by atoms with Gasteiger partial charge in [0.1, 0.15) is 0 Å². The third-order valence-electron chi connectivity index (χ3n) is 4.96. The molecule has 0 aromatic carbocycles. The summed E-state index contributed by atoms with van der Waals surface area (Å²) in [5, 5.41) is 3.08. The minimum absolute atomic E-state index is 0.0988. The lowest BCUT2D eigenvalue weighted by molar-refractivity contribution is -0.122. The largest absolute Gasteiger partial charge is 0.381 e. The molecule has 1 aromatic heterocycles. The number of hydrogen-bond acceptors (Lipinski definition) is 5. The Bertz CT molecular complexity index is 528. The number of aromatic nitrogens is 2. The van der Waals surface area contributed by atoms with Crippen LogP contribution in [-0.4, -0.2) is 60.2 Å². The van der Waals surface area contributed by atoms with Crippen molar-refractivity contribution in [3.8, 4) is 0 Å². The second kappa shape index (κ2) is 8.53. The van der Waals surface area contributed by atoms with Crippen LogP contribution < -0.4 is 5.32 Å². The Hall–Kier alpha value is -1.53. The van der Waals surface area contributed by atoms with E-state index in [-0.39, 0.29) is 11.9 Å². The van der Waals surface area contributed by atoms with Crippen LogP contribution in [0.2, 0.25) is 0 Å². The minimum Gasteiger partial charge on any atom is -0.381 e. The summed E-state index contributed by atoms with van der Waals surface area (Å²) in [5.74, 6) is 0.587. The van der Waals surface area contributed by atoms with Crippen LogP contribution in [-0.2, 0) is 16.0 Å². The summed E-state index contributed by atoms with van der Waals surface area (Å²) in [5.41, 5.74) is 1.97. The van der Waals surface area contributed by atoms with E-state index < -0.39 is 0 Å². The number of carbonyl (C=O) groups excluding carboxylic acids is 1. The number of ether oxygens (including phenoxy) is 1. The highest BCUT2D eigenvalue weighted by atomic mass is 16.5. The molecule has 3 heterocycles. The van der Waals surface area contributed by atoms with E-state index in [2.05, 4.69) is 27.2 Å². The standard InChI is InChI=1S/C18H28N4O2/c1-22-8-2-3-14(13-22)17-12-19-16(11-20-17)4-5-18(23)21-15-6-9-24-10-7-15/h11-12,14-15H,2-10,13H2,1H3,(H,21,23)/t14-/m0/s1. The average molecular weight is 332 g/mol. The smallest absolute Gasteiger partial charge is 0.220 e. The van der Waals surface area contributed by atoms with Crippen LogP contribution in [0.3, 0.4) is 0 Å². The number of likely N-dealkylation sites (N-methyl/N-ethyl adjacent to an activating group) is 1. The van der Waals surface area contributed by atoms with Gasteiger partial charge in [0.2, 0.25) is 5.91 Å². The zero-order valence-corrected chi connectivity index (χ0v) is 14.5. The molecule has 0 aliphatic carbocycles. The first-order valence-electron chi connectivity index (χ1n) is 9.07. The van der Waals surface area contributed by atoms with Gasteiger partial charge in [0, 0.05) is 50.5 Å². The molecule has 0 unspecified atom stereocenters. The second-order valence-electron chi connectivity index (χ2n) is 6.99. The highest BCUT2D eigenvalue weighted by Gasteiger charge is 2.20. The van der Waals surface area contributed by atoms with Crippen LogP contribution in [0.25, 0.3) is 0 Å². The van der Waals surface area contributed by atoms with Gasteiger partial charge >= 0.3 is 0 Å². The molecular formula is C18H28N4O2. The number of hydrogen-bond donors (Lipinski definition) is 1. The number of carbonyl (C=O) groups is 1. The van der Waals surface area contributed by atoms with E-state index in [1.165, 1.54) is 19.4 Å². The fourth-order valence-electron chi connectivity index (χ4n) is 3.50. The summed E-state index contributed by atoms with van der Waals surface area (Å²) < 4.78 is 5.31. The predicted octanol–water partition coefficient (Wildman–Crippen LogP) is 1.51. The van der Waals surface area contributed by atoms with Crippen molar-refractivity contribution in [2.45, 2.75) is 50.5 Å². The molecule has 1 aromatic rings. The molecule has 1 amide bonds. The van der Waals surface area contributed by atoms with Crippen LogP contribution in [0.5, 0.6) is 0 Å². The van der Waals surface area contributed by atoms with Gasteiger partial charge in [-0.25, -0.2) is 0 Å². The number of nitrogens with zero attached hydrogens (tertiary/aromatic N) is 3. The molecule has 24 heavy (non-hydrogen) atoms. The number of likely N-dealkylation sites (tertiary alicyclic amines) is 1. The summed E-state index contributed by atoms with van der Waals surface area (Å²) in [4.78, 5) is 23.5. The van der Waals surface area contributed by atoms with E-state index in [4.69, 9.17) is 4.74 Å². The van der Waals surface area contributed by atoms with E-state index in [1.807, 2.05) is 12.4 Å². The Morgan fingerprint density at radius 1 is 1.29 bits per heavy atom. The zero-order valence-electron chi connectivity index (χ0n) is 14.5. The quantitative estimate of drug-likeness (QED) is 0.885.